The molecule has 1 saturated heterocycles. The van der Waals surface area contributed by atoms with E-state index in [1.807, 2.05) is 25.7 Å². The van der Waals surface area contributed by atoms with Crippen LogP contribution in [0.1, 0.15) is 70.1 Å². The van der Waals surface area contributed by atoms with Crippen LogP contribution in [0.2, 0.25) is 0 Å². The molecule has 6 nitrogen and oxygen atoms in total. The van der Waals surface area contributed by atoms with Crippen molar-refractivity contribution in [2.45, 2.75) is 63.8 Å². The van der Waals surface area contributed by atoms with Crippen LogP contribution < -0.4 is 5.32 Å². The molecule has 2 fully saturated rings. The smallest absolute Gasteiger partial charge is 0.317 e. The quantitative estimate of drug-likeness (QED) is 0.909. The maximum atomic E-state index is 12.1. The number of rotatable bonds is 2. The van der Waals surface area contributed by atoms with Gasteiger partial charge in [0.25, 0.3) is 0 Å². The van der Waals surface area contributed by atoms with Crippen molar-refractivity contribution < 1.29 is 9.21 Å². The normalized spacial score (nSPS) is 20.6. The molecule has 1 aromatic heterocycles. The van der Waals surface area contributed by atoms with Gasteiger partial charge in [0, 0.05) is 30.5 Å². The predicted octanol–water partition coefficient (Wildman–Crippen LogP) is 2.63. The summed E-state index contributed by atoms with van der Waals surface area (Å²) < 4.78 is 5.78. The third-order valence-corrected chi connectivity index (χ3v) is 4.00. The Morgan fingerprint density at radius 3 is 2.10 bits per heavy atom. The highest BCUT2D eigenvalue weighted by Crippen LogP contribution is 2.40. The number of nitrogens with zero attached hydrogens (tertiary/aromatic N) is 3. The highest BCUT2D eigenvalue weighted by molar-refractivity contribution is 5.75. The van der Waals surface area contributed by atoms with Crippen LogP contribution in [0.5, 0.6) is 0 Å². The Labute approximate surface area is 125 Å². The molecule has 21 heavy (non-hydrogen) atoms. The lowest BCUT2D eigenvalue weighted by Gasteiger charge is -2.33. The maximum absolute atomic E-state index is 12.1. The van der Waals surface area contributed by atoms with Crippen LogP contribution in [0, 0.1) is 0 Å². The first-order valence-corrected chi connectivity index (χ1v) is 7.83. The highest BCUT2D eigenvalue weighted by Gasteiger charge is 2.32. The Morgan fingerprint density at radius 1 is 1.10 bits per heavy atom. The topological polar surface area (TPSA) is 71.3 Å². The Hall–Kier alpha value is -1.59. The van der Waals surface area contributed by atoms with Crippen LogP contribution in [0.25, 0.3) is 0 Å². The van der Waals surface area contributed by atoms with Gasteiger partial charge in [0.15, 0.2) is 0 Å². The number of nitrogens with one attached hydrogen (secondary N) is 1. The molecule has 0 radical (unpaired) electrons. The number of carbonyl (C=O) groups excluding carboxylic acids is 1. The first-order valence-electron chi connectivity index (χ1n) is 7.83. The summed E-state index contributed by atoms with van der Waals surface area (Å²) >= 11 is 0. The molecular formula is C15H24N4O2. The maximum Gasteiger partial charge on any atom is 0.317 e. The lowest BCUT2D eigenvalue weighted by Crippen LogP contribution is -2.50. The van der Waals surface area contributed by atoms with Gasteiger partial charge < -0.3 is 14.6 Å². The highest BCUT2D eigenvalue weighted by atomic mass is 16.4. The molecular weight excluding hydrogens is 268 g/mol. The molecule has 2 amide bonds. The molecule has 2 aliphatic rings. The third kappa shape index (κ3) is 3.54. The first-order chi connectivity index (χ1) is 9.92. The molecule has 3 rings (SSSR count). The van der Waals surface area contributed by atoms with Gasteiger partial charge in [-0.25, -0.2) is 4.79 Å². The van der Waals surface area contributed by atoms with Gasteiger partial charge in [-0.3, -0.25) is 0 Å². The lowest BCUT2D eigenvalue weighted by molar-refractivity contribution is 0.169. The van der Waals surface area contributed by atoms with E-state index in [4.69, 9.17) is 4.42 Å². The van der Waals surface area contributed by atoms with Crippen LogP contribution in [0.3, 0.4) is 0 Å². The van der Waals surface area contributed by atoms with E-state index in [-0.39, 0.29) is 11.6 Å². The van der Waals surface area contributed by atoms with Crippen molar-refractivity contribution in [3.63, 3.8) is 0 Å². The summed E-state index contributed by atoms with van der Waals surface area (Å²) in [5.74, 6) is 2.36. The largest absolute Gasteiger partial charge is 0.425 e. The van der Waals surface area contributed by atoms with E-state index >= 15 is 0 Å². The van der Waals surface area contributed by atoms with Gasteiger partial charge >= 0.3 is 6.03 Å². The SMILES string of the molecule is CC(C)(C)NC(=O)N1CCC(c2nnc(C3CC3)o2)CC1. The average Bonchev–Trinajstić information content (AvgIpc) is 3.15. The monoisotopic (exact) mass is 292 g/mol. The van der Waals surface area contributed by atoms with Crippen LogP contribution in [-0.2, 0) is 0 Å². The summed E-state index contributed by atoms with van der Waals surface area (Å²) in [7, 11) is 0. The number of likely N-dealkylation sites (tertiary alicyclic amines) is 1. The van der Waals surface area contributed by atoms with E-state index < -0.39 is 0 Å². The second-order valence-electron chi connectivity index (χ2n) is 7.19. The van der Waals surface area contributed by atoms with E-state index in [0.29, 0.717) is 11.8 Å². The van der Waals surface area contributed by atoms with Crippen LogP contribution in [0.4, 0.5) is 4.79 Å². The van der Waals surface area contributed by atoms with Gasteiger partial charge in [-0.2, -0.15) is 0 Å². The number of carbonyl (C=O) groups is 1. The van der Waals surface area contributed by atoms with Crippen molar-refractivity contribution in [3.8, 4) is 0 Å². The number of hydrogen-bond donors (Lipinski definition) is 1. The van der Waals surface area contributed by atoms with E-state index in [0.717, 1.165) is 37.7 Å². The van der Waals surface area contributed by atoms with Gasteiger partial charge in [0.05, 0.1) is 0 Å². The molecule has 1 saturated carbocycles. The molecule has 0 unspecified atom stereocenters. The number of amides is 2. The van der Waals surface area contributed by atoms with Gasteiger partial charge in [0.1, 0.15) is 0 Å². The second kappa shape index (κ2) is 5.31. The number of aromatic nitrogens is 2. The third-order valence-electron chi connectivity index (χ3n) is 4.00. The standard InChI is InChI=1S/C15H24N4O2/c1-15(2,3)16-14(20)19-8-6-11(7-9-19)13-18-17-12(21-13)10-4-5-10/h10-11H,4-9H2,1-3H3,(H,16,20). The minimum atomic E-state index is -0.195. The van der Waals surface area contributed by atoms with Crippen LogP contribution in [0.15, 0.2) is 4.42 Å². The molecule has 0 spiro atoms. The molecule has 1 aliphatic heterocycles. The zero-order valence-electron chi connectivity index (χ0n) is 13.1. The Kier molecular flexibility index (Phi) is 3.63. The second-order valence-corrected chi connectivity index (χ2v) is 7.19. The molecule has 0 bridgehead atoms. The van der Waals surface area contributed by atoms with Gasteiger partial charge in [-0.05, 0) is 46.5 Å². The van der Waals surface area contributed by atoms with Gasteiger partial charge in [-0.15, -0.1) is 10.2 Å². The fraction of sp³-hybridized carbons (Fsp3) is 0.800. The summed E-state index contributed by atoms with van der Waals surface area (Å²) in [4.78, 5) is 14.0. The molecule has 116 valence electrons. The van der Waals surface area contributed by atoms with E-state index in [1.54, 1.807) is 0 Å². The zero-order valence-corrected chi connectivity index (χ0v) is 13.1. The molecule has 1 N–H and O–H groups in total. The number of urea groups is 1. The Bertz CT molecular complexity index is 508. The number of piperidine rings is 1. The first kappa shape index (κ1) is 14.4. The fourth-order valence-electron chi connectivity index (χ4n) is 2.64. The van der Waals surface area contributed by atoms with Crippen molar-refractivity contribution in [1.29, 1.82) is 0 Å². The summed E-state index contributed by atoms with van der Waals surface area (Å²) in [5, 5.41) is 11.3. The molecule has 2 heterocycles. The molecule has 6 heteroatoms. The number of hydrogen-bond acceptors (Lipinski definition) is 4. The van der Waals surface area contributed by atoms with Crippen molar-refractivity contribution in [2.24, 2.45) is 0 Å². The molecule has 1 aliphatic carbocycles. The molecule has 0 aromatic carbocycles. The van der Waals surface area contributed by atoms with E-state index in [1.165, 1.54) is 12.8 Å². The Morgan fingerprint density at radius 2 is 1.62 bits per heavy atom. The average molecular weight is 292 g/mol. The minimum Gasteiger partial charge on any atom is -0.425 e. The van der Waals surface area contributed by atoms with E-state index in [9.17, 15) is 4.79 Å². The summed E-state index contributed by atoms with van der Waals surface area (Å²) in [6, 6.07) is 0.0187. The van der Waals surface area contributed by atoms with Crippen molar-refractivity contribution >= 4 is 6.03 Å². The Balaban J connectivity index is 1.53. The van der Waals surface area contributed by atoms with Crippen molar-refractivity contribution in [2.75, 3.05) is 13.1 Å². The van der Waals surface area contributed by atoms with Crippen molar-refractivity contribution in [3.05, 3.63) is 11.8 Å². The molecule has 0 atom stereocenters. The summed E-state index contributed by atoms with van der Waals surface area (Å²) in [6.07, 6.45) is 4.13. The summed E-state index contributed by atoms with van der Waals surface area (Å²) in [6.45, 7) is 7.47. The fourth-order valence-corrected chi connectivity index (χ4v) is 2.64. The molecule has 1 aromatic rings. The summed E-state index contributed by atoms with van der Waals surface area (Å²) in [5.41, 5.74) is -0.195. The lowest BCUT2D eigenvalue weighted by atomic mass is 9.97. The van der Waals surface area contributed by atoms with Crippen LogP contribution in [-0.4, -0.2) is 39.8 Å². The zero-order chi connectivity index (χ0) is 15.0. The van der Waals surface area contributed by atoms with E-state index in [2.05, 4.69) is 15.5 Å². The van der Waals surface area contributed by atoms with Crippen LogP contribution >= 0.6 is 0 Å². The van der Waals surface area contributed by atoms with Gasteiger partial charge in [0.2, 0.25) is 11.8 Å². The van der Waals surface area contributed by atoms with Crippen molar-refractivity contribution in [1.82, 2.24) is 20.4 Å². The van der Waals surface area contributed by atoms with Gasteiger partial charge in [-0.1, -0.05) is 0 Å². The predicted molar refractivity (Wildman–Crippen MR) is 78.1 cm³/mol. The minimum absolute atomic E-state index is 0.0187.